The van der Waals surface area contributed by atoms with Crippen molar-refractivity contribution in [2.45, 2.75) is 23.5 Å². The molecule has 1 saturated carbocycles. The van der Waals surface area contributed by atoms with Gasteiger partial charge in [0.1, 0.15) is 5.75 Å². The zero-order chi connectivity index (χ0) is 18.4. The second kappa shape index (κ2) is 6.25. The fraction of sp³-hybridized carbons (Fsp3) is 0.316. The third kappa shape index (κ3) is 2.95. The fourth-order valence-electron chi connectivity index (χ4n) is 3.86. The fourth-order valence-corrected chi connectivity index (χ4v) is 5.74. The zero-order valence-corrected chi connectivity index (χ0v) is 15.6. The number of carbonyl (C=O) groups excluding carboxylic acids is 1. The van der Waals surface area contributed by atoms with Crippen LogP contribution in [0.4, 0.5) is 0 Å². The van der Waals surface area contributed by atoms with Crippen LogP contribution in [0, 0.1) is 11.3 Å². The van der Waals surface area contributed by atoms with E-state index in [1.165, 1.54) is 6.07 Å². The molecule has 2 atom stereocenters. The number of carbonyl (C=O) groups is 1. The molecule has 0 spiro atoms. The van der Waals surface area contributed by atoms with Gasteiger partial charge in [-0.1, -0.05) is 30.4 Å². The summed E-state index contributed by atoms with van der Waals surface area (Å²) in [4.78, 5) is 12.3. The molecular weight excluding hydrogens is 372 g/mol. The Labute approximate surface area is 156 Å². The summed E-state index contributed by atoms with van der Waals surface area (Å²) in [6.07, 6.45) is 2.04. The van der Waals surface area contributed by atoms with Crippen molar-refractivity contribution in [3.63, 3.8) is 0 Å². The molecule has 0 N–H and O–H groups in total. The summed E-state index contributed by atoms with van der Waals surface area (Å²) in [6, 6.07) is 10.0. The number of thiophene rings is 1. The number of benzene rings is 1. The van der Waals surface area contributed by atoms with Crippen LogP contribution in [0.15, 0.2) is 58.1 Å². The summed E-state index contributed by atoms with van der Waals surface area (Å²) in [5, 5.41) is 1.69. The summed E-state index contributed by atoms with van der Waals surface area (Å²) in [7, 11) is -3.80. The monoisotopic (exact) mass is 390 g/mol. The van der Waals surface area contributed by atoms with Crippen LogP contribution in [-0.4, -0.2) is 21.0 Å². The van der Waals surface area contributed by atoms with Crippen molar-refractivity contribution in [3.05, 3.63) is 59.5 Å². The van der Waals surface area contributed by atoms with Crippen molar-refractivity contribution in [2.75, 3.05) is 6.61 Å². The number of esters is 1. The minimum Gasteiger partial charge on any atom is -0.465 e. The van der Waals surface area contributed by atoms with Gasteiger partial charge in [0.25, 0.3) is 0 Å². The van der Waals surface area contributed by atoms with Crippen LogP contribution in [0.25, 0.3) is 0 Å². The van der Waals surface area contributed by atoms with Gasteiger partial charge >= 0.3 is 16.1 Å². The average molecular weight is 390 g/mol. The van der Waals surface area contributed by atoms with Crippen molar-refractivity contribution >= 4 is 27.4 Å². The van der Waals surface area contributed by atoms with Crippen molar-refractivity contribution in [1.82, 2.24) is 0 Å². The maximum atomic E-state index is 12.3. The first-order valence-electron chi connectivity index (χ1n) is 8.30. The predicted octanol–water partition coefficient (Wildman–Crippen LogP) is 3.57. The molecule has 2 aromatic rings. The van der Waals surface area contributed by atoms with Gasteiger partial charge in [0.15, 0.2) is 4.21 Å². The lowest BCUT2D eigenvalue weighted by Crippen LogP contribution is -2.31. The number of hydrogen-bond donors (Lipinski definition) is 0. The van der Waals surface area contributed by atoms with E-state index in [9.17, 15) is 13.2 Å². The number of fused-ring (bicyclic) bond motifs is 1. The molecule has 2 heterocycles. The number of ether oxygens (including phenoxy) is 1. The lowest BCUT2D eigenvalue weighted by molar-refractivity contribution is -0.146. The molecule has 4 rings (SSSR count). The highest BCUT2D eigenvalue weighted by Gasteiger charge is 2.55. The Morgan fingerprint density at radius 3 is 2.73 bits per heavy atom. The maximum absolute atomic E-state index is 12.3. The van der Waals surface area contributed by atoms with Gasteiger partial charge in [0, 0.05) is 5.92 Å². The van der Waals surface area contributed by atoms with E-state index < -0.39 is 15.5 Å². The van der Waals surface area contributed by atoms with E-state index in [1.807, 2.05) is 0 Å². The zero-order valence-electron chi connectivity index (χ0n) is 14.0. The highest BCUT2D eigenvalue weighted by molar-refractivity contribution is 7.89. The highest BCUT2D eigenvalue weighted by Crippen LogP contribution is 2.52. The Morgan fingerprint density at radius 1 is 1.27 bits per heavy atom. The Bertz CT molecular complexity index is 944. The average Bonchev–Trinajstić information content (AvgIpc) is 3.28. The second-order valence-electron chi connectivity index (χ2n) is 6.87. The molecule has 2 fully saturated rings. The molecular formula is C19H18O5S2. The van der Waals surface area contributed by atoms with Crippen LogP contribution in [0.5, 0.6) is 5.75 Å². The summed E-state index contributed by atoms with van der Waals surface area (Å²) in [5.74, 6) is 0.278. The smallest absolute Gasteiger partial charge is 0.348 e. The van der Waals surface area contributed by atoms with Crippen LogP contribution in [0.3, 0.4) is 0 Å². The molecule has 0 amide bonds. The molecule has 5 nitrogen and oxygen atoms in total. The standard InChI is InChI=1S/C19H18O5S2/c1-13-9-15-12-23-18(20)19(15,10-13)11-14-4-6-16(7-5-14)24-26(21,22)17-3-2-8-25-17/h2-8,15H,1,9-12H2. The molecule has 26 heavy (non-hydrogen) atoms. The van der Waals surface area contributed by atoms with E-state index in [2.05, 4.69) is 6.58 Å². The third-order valence-electron chi connectivity index (χ3n) is 5.09. The Hall–Kier alpha value is -2.12. The molecule has 1 aliphatic carbocycles. The first-order valence-corrected chi connectivity index (χ1v) is 10.6. The van der Waals surface area contributed by atoms with Crippen LogP contribution in [-0.2, 0) is 26.1 Å². The quantitative estimate of drug-likeness (QED) is 0.443. The molecule has 7 heteroatoms. The van der Waals surface area contributed by atoms with E-state index in [4.69, 9.17) is 8.92 Å². The lowest BCUT2D eigenvalue weighted by atomic mass is 9.75. The Kier molecular flexibility index (Phi) is 4.16. The van der Waals surface area contributed by atoms with Gasteiger partial charge in [-0.3, -0.25) is 4.79 Å². The summed E-state index contributed by atoms with van der Waals surface area (Å²) in [6.45, 7) is 4.50. The summed E-state index contributed by atoms with van der Waals surface area (Å²) in [5.41, 5.74) is 1.51. The minimum absolute atomic E-state index is 0.151. The molecule has 1 saturated heterocycles. The number of cyclic esters (lactones) is 1. The number of rotatable bonds is 5. The van der Waals surface area contributed by atoms with E-state index in [-0.39, 0.29) is 21.8 Å². The molecule has 2 unspecified atom stereocenters. The first kappa shape index (κ1) is 17.3. The lowest BCUT2D eigenvalue weighted by Gasteiger charge is -2.24. The van der Waals surface area contributed by atoms with Gasteiger partial charge in [-0.05, 0) is 48.4 Å². The van der Waals surface area contributed by atoms with E-state index >= 15 is 0 Å². The van der Waals surface area contributed by atoms with Crippen molar-refractivity contribution in [1.29, 1.82) is 0 Å². The largest absolute Gasteiger partial charge is 0.465 e. The molecule has 1 aromatic heterocycles. The topological polar surface area (TPSA) is 69.7 Å². The van der Waals surface area contributed by atoms with Gasteiger partial charge in [-0.2, -0.15) is 8.42 Å². The van der Waals surface area contributed by atoms with Crippen molar-refractivity contribution < 1.29 is 22.1 Å². The van der Waals surface area contributed by atoms with E-state index in [1.54, 1.807) is 35.7 Å². The molecule has 136 valence electrons. The minimum atomic E-state index is -3.80. The van der Waals surface area contributed by atoms with Crippen molar-refractivity contribution in [3.8, 4) is 5.75 Å². The molecule has 1 aromatic carbocycles. The maximum Gasteiger partial charge on any atom is 0.348 e. The van der Waals surface area contributed by atoms with Gasteiger partial charge in [-0.15, -0.1) is 11.3 Å². The number of hydrogen-bond acceptors (Lipinski definition) is 6. The SMILES string of the molecule is C=C1CC2COC(=O)C2(Cc2ccc(OS(=O)(=O)c3cccs3)cc2)C1. The molecule has 0 bridgehead atoms. The van der Waals surface area contributed by atoms with Gasteiger partial charge in [0.2, 0.25) is 0 Å². The summed E-state index contributed by atoms with van der Waals surface area (Å²) < 4.78 is 35.0. The van der Waals surface area contributed by atoms with E-state index in [0.29, 0.717) is 19.4 Å². The molecule has 1 aliphatic heterocycles. The van der Waals surface area contributed by atoms with Crippen molar-refractivity contribution in [2.24, 2.45) is 11.3 Å². The Morgan fingerprint density at radius 2 is 2.04 bits per heavy atom. The summed E-state index contributed by atoms with van der Waals surface area (Å²) >= 11 is 1.11. The van der Waals surface area contributed by atoms with Gasteiger partial charge in [-0.25, -0.2) is 0 Å². The van der Waals surface area contributed by atoms with Crippen LogP contribution >= 0.6 is 11.3 Å². The second-order valence-corrected chi connectivity index (χ2v) is 9.59. The number of allylic oxidation sites excluding steroid dienone is 1. The third-order valence-corrected chi connectivity index (χ3v) is 7.70. The Balaban J connectivity index is 1.52. The molecule has 2 aliphatic rings. The van der Waals surface area contributed by atoms with Crippen LogP contribution < -0.4 is 4.18 Å². The first-order chi connectivity index (χ1) is 12.4. The van der Waals surface area contributed by atoms with Crippen LogP contribution in [0.2, 0.25) is 0 Å². The normalized spacial score (nSPS) is 25.2. The highest BCUT2D eigenvalue weighted by atomic mass is 32.3. The van der Waals surface area contributed by atoms with E-state index in [0.717, 1.165) is 28.9 Å². The van der Waals surface area contributed by atoms with Gasteiger partial charge in [0.05, 0.1) is 12.0 Å². The predicted molar refractivity (Wildman–Crippen MR) is 97.5 cm³/mol. The van der Waals surface area contributed by atoms with Gasteiger partial charge < -0.3 is 8.92 Å². The molecule has 0 radical (unpaired) electrons. The van der Waals surface area contributed by atoms with Crippen LogP contribution in [0.1, 0.15) is 18.4 Å².